The number of hydrogen-bond acceptors (Lipinski definition) is 0. The maximum atomic E-state index is 3.84. The molecule has 14 heavy (non-hydrogen) atoms. The monoisotopic (exact) mass is 182 g/mol. The van der Waals surface area contributed by atoms with Crippen LogP contribution in [0, 0.1) is 0 Å². The van der Waals surface area contributed by atoms with Crippen molar-refractivity contribution in [2.24, 2.45) is 0 Å². The maximum absolute atomic E-state index is 3.84. The van der Waals surface area contributed by atoms with E-state index in [4.69, 9.17) is 0 Å². The molecular formula is C14H14. The molecule has 0 nitrogen and oxygen atoms in total. The van der Waals surface area contributed by atoms with Crippen LogP contribution < -0.4 is 0 Å². The van der Waals surface area contributed by atoms with E-state index in [0.29, 0.717) is 5.92 Å². The Labute approximate surface area is 84.9 Å². The zero-order chi connectivity index (χ0) is 9.97. The van der Waals surface area contributed by atoms with Crippen molar-refractivity contribution in [1.29, 1.82) is 0 Å². The van der Waals surface area contributed by atoms with E-state index in [1.807, 2.05) is 6.08 Å². The zero-order valence-electron chi connectivity index (χ0n) is 8.40. The molecule has 2 aromatic carbocycles. The molecule has 0 heterocycles. The summed E-state index contributed by atoms with van der Waals surface area (Å²) in [6.07, 6.45) is 1.99. The minimum absolute atomic E-state index is 0.418. The SMILES string of the molecule is C=CC(C)c1cccc2ccccc12. The van der Waals surface area contributed by atoms with Gasteiger partial charge >= 0.3 is 0 Å². The van der Waals surface area contributed by atoms with Crippen molar-refractivity contribution in [2.45, 2.75) is 12.8 Å². The molecule has 2 rings (SSSR count). The second-order valence-corrected chi connectivity index (χ2v) is 3.59. The topological polar surface area (TPSA) is 0 Å². The predicted molar refractivity (Wildman–Crippen MR) is 62.6 cm³/mol. The number of hydrogen-bond donors (Lipinski definition) is 0. The van der Waals surface area contributed by atoms with Gasteiger partial charge in [-0.25, -0.2) is 0 Å². The lowest BCUT2D eigenvalue weighted by Crippen LogP contribution is -1.89. The fraction of sp³-hybridized carbons (Fsp3) is 0.143. The van der Waals surface area contributed by atoms with Crippen LogP contribution in [0.15, 0.2) is 55.1 Å². The Bertz CT molecular complexity index is 449. The first-order valence-electron chi connectivity index (χ1n) is 4.93. The third-order valence-corrected chi connectivity index (χ3v) is 2.67. The molecule has 1 atom stereocenters. The molecule has 0 amide bonds. The van der Waals surface area contributed by atoms with Crippen molar-refractivity contribution in [1.82, 2.24) is 0 Å². The van der Waals surface area contributed by atoms with Gasteiger partial charge in [0.15, 0.2) is 0 Å². The summed E-state index contributed by atoms with van der Waals surface area (Å²) in [4.78, 5) is 0. The Morgan fingerprint density at radius 3 is 2.57 bits per heavy atom. The number of allylic oxidation sites excluding steroid dienone is 1. The maximum Gasteiger partial charge on any atom is -0.000697 e. The van der Waals surface area contributed by atoms with Gasteiger partial charge in [0.1, 0.15) is 0 Å². The van der Waals surface area contributed by atoms with Crippen molar-refractivity contribution in [3.05, 3.63) is 60.7 Å². The van der Waals surface area contributed by atoms with Crippen LogP contribution >= 0.6 is 0 Å². The molecule has 2 aromatic rings. The molecule has 0 spiro atoms. The van der Waals surface area contributed by atoms with Gasteiger partial charge < -0.3 is 0 Å². The van der Waals surface area contributed by atoms with Gasteiger partial charge in [0.2, 0.25) is 0 Å². The Balaban J connectivity index is 2.70. The average molecular weight is 182 g/mol. The number of fused-ring (bicyclic) bond motifs is 1. The summed E-state index contributed by atoms with van der Waals surface area (Å²) in [5.74, 6) is 0.418. The van der Waals surface area contributed by atoms with Gasteiger partial charge in [-0.1, -0.05) is 55.5 Å². The van der Waals surface area contributed by atoms with E-state index in [-0.39, 0.29) is 0 Å². The normalized spacial score (nSPS) is 12.6. The van der Waals surface area contributed by atoms with E-state index in [2.05, 4.69) is 56.0 Å². The molecule has 0 heteroatoms. The molecule has 0 saturated heterocycles. The van der Waals surface area contributed by atoms with Crippen LogP contribution in [0.2, 0.25) is 0 Å². The Hall–Kier alpha value is -1.56. The molecule has 70 valence electrons. The predicted octanol–water partition coefficient (Wildman–Crippen LogP) is 4.13. The summed E-state index contributed by atoms with van der Waals surface area (Å²) in [6.45, 7) is 6.02. The largest absolute Gasteiger partial charge is 0.102 e. The van der Waals surface area contributed by atoms with E-state index in [9.17, 15) is 0 Å². The van der Waals surface area contributed by atoms with E-state index in [1.165, 1.54) is 16.3 Å². The second-order valence-electron chi connectivity index (χ2n) is 3.59. The fourth-order valence-corrected chi connectivity index (χ4v) is 1.77. The zero-order valence-corrected chi connectivity index (χ0v) is 8.40. The highest BCUT2D eigenvalue weighted by atomic mass is 14.1. The highest BCUT2D eigenvalue weighted by molar-refractivity contribution is 5.86. The first-order chi connectivity index (χ1) is 6.83. The minimum Gasteiger partial charge on any atom is -0.102 e. The van der Waals surface area contributed by atoms with Gasteiger partial charge in [-0.05, 0) is 22.3 Å². The van der Waals surface area contributed by atoms with Crippen molar-refractivity contribution >= 4 is 10.8 Å². The molecule has 0 aromatic heterocycles. The Kier molecular flexibility index (Phi) is 2.36. The average Bonchev–Trinajstić information content (AvgIpc) is 2.27. The third kappa shape index (κ3) is 1.44. The van der Waals surface area contributed by atoms with Gasteiger partial charge in [-0.15, -0.1) is 6.58 Å². The molecule has 0 aliphatic heterocycles. The van der Waals surface area contributed by atoms with Crippen LogP contribution in [-0.2, 0) is 0 Å². The molecule has 1 unspecified atom stereocenters. The van der Waals surface area contributed by atoms with E-state index >= 15 is 0 Å². The molecule has 0 fully saturated rings. The smallest absolute Gasteiger partial charge is 0.000697 e. The lowest BCUT2D eigenvalue weighted by molar-refractivity contribution is 0.984. The van der Waals surface area contributed by atoms with Crippen LogP contribution in [0.4, 0.5) is 0 Å². The quantitative estimate of drug-likeness (QED) is 0.612. The molecule has 0 N–H and O–H groups in total. The lowest BCUT2D eigenvalue weighted by atomic mass is 9.95. The van der Waals surface area contributed by atoms with E-state index in [1.54, 1.807) is 0 Å². The fourth-order valence-electron chi connectivity index (χ4n) is 1.77. The van der Waals surface area contributed by atoms with Crippen LogP contribution in [-0.4, -0.2) is 0 Å². The molecule has 0 radical (unpaired) electrons. The summed E-state index contributed by atoms with van der Waals surface area (Å²) in [6, 6.07) is 14.9. The molecule has 0 bridgehead atoms. The van der Waals surface area contributed by atoms with Gasteiger partial charge in [0.05, 0.1) is 0 Å². The van der Waals surface area contributed by atoms with Gasteiger partial charge in [0.25, 0.3) is 0 Å². The van der Waals surface area contributed by atoms with Gasteiger partial charge in [0, 0.05) is 0 Å². The number of rotatable bonds is 2. The van der Waals surface area contributed by atoms with Crippen LogP contribution in [0.5, 0.6) is 0 Å². The van der Waals surface area contributed by atoms with Crippen molar-refractivity contribution in [3.63, 3.8) is 0 Å². The minimum atomic E-state index is 0.418. The lowest BCUT2D eigenvalue weighted by Gasteiger charge is -2.09. The van der Waals surface area contributed by atoms with E-state index in [0.717, 1.165) is 0 Å². The summed E-state index contributed by atoms with van der Waals surface area (Å²) >= 11 is 0. The van der Waals surface area contributed by atoms with Gasteiger partial charge in [-0.3, -0.25) is 0 Å². The summed E-state index contributed by atoms with van der Waals surface area (Å²) < 4.78 is 0. The first-order valence-corrected chi connectivity index (χ1v) is 4.93. The van der Waals surface area contributed by atoms with Crippen LogP contribution in [0.3, 0.4) is 0 Å². The van der Waals surface area contributed by atoms with Crippen molar-refractivity contribution in [2.75, 3.05) is 0 Å². The summed E-state index contributed by atoms with van der Waals surface area (Å²) in [5.41, 5.74) is 1.36. The molecular weight excluding hydrogens is 168 g/mol. The van der Waals surface area contributed by atoms with E-state index < -0.39 is 0 Å². The molecule has 0 aliphatic carbocycles. The third-order valence-electron chi connectivity index (χ3n) is 2.67. The van der Waals surface area contributed by atoms with Crippen molar-refractivity contribution < 1.29 is 0 Å². The molecule has 0 saturated carbocycles. The first kappa shape index (κ1) is 9.01. The molecule has 0 aliphatic rings. The Morgan fingerprint density at radius 1 is 1.07 bits per heavy atom. The Morgan fingerprint density at radius 2 is 1.79 bits per heavy atom. The highest BCUT2D eigenvalue weighted by Gasteiger charge is 2.04. The van der Waals surface area contributed by atoms with Crippen molar-refractivity contribution in [3.8, 4) is 0 Å². The summed E-state index contributed by atoms with van der Waals surface area (Å²) in [7, 11) is 0. The second kappa shape index (κ2) is 3.67. The standard InChI is InChI=1S/C14H14/c1-3-11(2)13-10-6-8-12-7-4-5-9-14(12)13/h3-11H,1H2,2H3. The number of benzene rings is 2. The van der Waals surface area contributed by atoms with Crippen LogP contribution in [0.1, 0.15) is 18.4 Å². The van der Waals surface area contributed by atoms with Crippen LogP contribution in [0.25, 0.3) is 10.8 Å². The summed E-state index contributed by atoms with van der Waals surface area (Å²) in [5, 5.41) is 2.64. The highest BCUT2D eigenvalue weighted by Crippen LogP contribution is 2.25. The van der Waals surface area contributed by atoms with Gasteiger partial charge in [-0.2, -0.15) is 0 Å².